The Morgan fingerprint density at radius 2 is 1.97 bits per heavy atom. The normalized spacial score (nSPS) is 26.0. The average molecular weight is 398 g/mol. The molecule has 154 valence electrons. The van der Waals surface area contributed by atoms with Gasteiger partial charge in [0.25, 0.3) is 0 Å². The van der Waals surface area contributed by atoms with Crippen LogP contribution in [0.15, 0.2) is 42.9 Å². The van der Waals surface area contributed by atoms with E-state index in [4.69, 9.17) is 14.2 Å². The van der Waals surface area contributed by atoms with Crippen LogP contribution in [0.5, 0.6) is 5.75 Å². The number of nitrogens with zero attached hydrogens (tertiary/aromatic N) is 2. The highest BCUT2D eigenvalue weighted by Crippen LogP contribution is 2.30. The molecule has 0 radical (unpaired) electrons. The van der Waals surface area contributed by atoms with Gasteiger partial charge in [-0.1, -0.05) is 6.07 Å². The minimum atomic E-state index is -0.558. The Morgan fingerprint density at radius 1 is 1.17 bits per heavy atom. The lowest BCUT2D eigenvalue weighted by molar-refractivity contribution is 0.0299. The summed E-state index contributed by atoms with van der Waals surface area (Å²) in [5.74, 6) is 0.720. The van der Waals surface area contributed by atoms with Crippen molar-refractivity contribution in [3.8, 4) is 5.75 Å². The highest BCUT2D eigenvalue weighted by Gasteiger charge is 2.49. The fourth-order valence-corrected chi connectivity index (χ4v) is 3.74. The molecule has 2 aromatic heterocycles. The summed E-state index contributed by atoms with van der Waals surface area (Å²) >= 11 is 0. The van der Waals surface area contributed by atoms with Crippen LogP contribution >= 0.6 is 0 Å². The van der Waals surface area contributed by atoms with Gasteiger partial charge < -0.3 is 24.8 Å². The smallest absolute Gasteiger partial charge is 0.315 e. The van der Waals surface area contributed by atoms with Crippen molar-refractivity contribution in [1.29, 1.82) is 0 Å². The second-order valence-corrected chi connectivity index (χ2v) is 7.91. The first-order chi connectivity index (χ1) is 13.9. The van der Waals surface area contributed by atoms with E-state index >= 15 is 0 Å². The SMILES string of the molecule is Cc1ncccc1O[C@H]1CO[C@H]2[C@@H]1OC[C@@H]2NC(=O)NC(C)(C)c1cccnc1. The number of rotatable bonds is 5. The molecule has 0 unspecified atom stereocenters. The molecule has 0 spiro atoms. The summed E-state index contributed by atoms with van der Waals surface area (Å²) in [6, 6.07) is 6.99. The Kier molecular flexibility index (Phi) is 5.38. The predicted octanol–water partition coefficient (Wildman–Crippen LogP) is 1.93. The van der Waals surface area contributed by atoms with E-state index in [-0.39, 0.29) is 30.4 Å². The number of hydrogen-bond acceptors (Lipinski definition) is 6. The number of hydrogen-bond donors (Lipinski definition) is 2. The van der Waals surface area contributed by atoms with E-state index in [2.05, 4.69) is 20.6 Å². The fourth-order valence-electron chi connectivity index (χ4n) is 3.74. The molecule has 8 heteroatoms. The molecule has 0 aliphatic carbocycles. The Balaban J connectivity index is 1.35. The molecule has 0 saturated carbocycles. The second kappa shape index (κ2) is 7.96. The summed E-state index contributed by atoms with van der Waals surface area (Å²) in [5, 5.41) is 5.98. The Labute approximate surface area is 170 Å². The molecule has 2 aliphatic heterocycles. The van der Waals surface area contributed by atoms with Crippen molar-refractivity contribution in [3.05, 3.63) is 54.1 Å². The van der Waals surface area contributed by atoms with Gasteiger partial charge in [0.15, 0.2) is 6.10 Å². The first kappa shape index (κ1) is 19.6. The van der Waals surface area contributed by atoms with Crippen molar-refractivity contribution in [3.63, 3.8) is 0 Å². The first-order valence-electron chi connectivity index (χ1n) is 9.75. The quantitative estimate of drug-likeness (QED) is 0.799. The third kappa shape index (κ3) is 4.18. The van der Waals surface area contributed by atoms with Crippen molar-refractivity contribution in [2.75, 3.05) is 13.2 Å². The monoisotopic (exact) mass is 398 g/mol. The van der Waals surface area contributed by atoms with E-state index in [0.717, 1.165) is 17.0 Å². The van der Waals surface area contributed by atoms with Crippen LogP contribution in [-0.4, -0.2) is 53.6 Å². The molecule has 8 nitrogen and oxygen atoms in total. The maximum Gasteiger partial charge on any atom is 0.315 e. The zero-order chi connectivity index (χ0) is 20.4. The zero-order valence-electron chi connectivity index (χ0n) is 16.8. The van der Waals surface area contributed by atoms with Crippen molar-refractivity contribution >= 4 is 6.03 Å². The van der Waals surface area contributed by atoms with E-state index in [1.54, 1.807) is 18.6 Å². The predicted molar refractivity (Wildman–Crippen MR) is 106 cm³/mol. The first-order valence-corrected chi connectivity index (χ1v) is 9.75. The molecular formula is C21H26N4O4. The van der Waals surface area contributed by atoms with Crippen LogP contribution in [0.1, 0.15) is 25.1 Å². The number of carbonyl (C=O) groups is 1. The Bertz CT molecular complexity index is 861. The number of ether oxygens (including phenoxy) is 3. The minimum absolute atomic E-state index is 0.230. The van der Waals surface area contributed by atoms with Gasteiger partial charge in [-0.15, -0.1) is 0 Å². The fraction of sp³-hybridized carbons (Fsp3) is 0.476. The molecule has 2 aromatic rings. The summed E-state index contributed by atoms with van der Waals surface area (Å²) in [6.07, 6.45) is 4.48. The number of aromatic nitrogens is 2. The topological polar surface area (TPSA) is 94.6 Å². The molecule has 2 aliphatic rings. The van der Waals surface area contributed by atoms with Gasteiger partial charge in [-0.2, -0.15) is 0 Å². The number of pyridine rings is 2. The van der Waals surface area contributed by atoms with Gasteiger partial charge in [-0.25, -0.2) is 4.79 Å². The van der Waals surface area contributed by atoms with E-state index < -0.39 is 5.54 Å². The highest BCUT2D eigenvalue weighted by atomic mass is 16.6. The van der Waals surface area contributed by atoms with Gasteiger partial charge in [0.2, 0.25) is 0 Å². The third-order valence-electron chi connectivity index (χ3n) is 5.37. The van der Waals surface area contributed by atoms with Gasteiger partial charge >= 0.3 is 6.03 Å². The van der Waals surface area contributed by atoms with Gasteiger partial charge in [0.1, 0.15) is 18.0 Å². The number of urea groups is 1. The van der Waals surface area contributed by atoms with Crippen LogP contribution in [0.4, 0.5) is 4.79 Å². The molecular weight excluding hydrogens is 372 g/mol. The van der Waals surface area contributed by atoms with Gasteiger partial charge in [-0.05, 0) is 44.5 Å². The maximum absolute atomic E-state index is 12.6. The summed E-state index contributed by atoms with van der Waals surface area (Å²) in [7, 11) is 0. The summed E-state index contributed by atoms with van der Waals surface area (Å²) in [6.45, 7) is 6.55. The Morgan fingerprint density at radius 3 is 2.72 bits per heavy atom. The van der Waals surface area contributed by atoms with Crippen LogP contribution < -0.4 is 15.4 Å². The number of aryl methyl sites for hydroxylation is 1. The maximum atomic E-state index is 12.6. The third-order valence-corrected chi connectivity index (χ3v) is 5.37. The molecule has 4 rings (SSSR count). The molecule has 2 amide bonds. The lowest BCUT2D eigenvalue weighted by atomic mass is 9.96. The van der Waals surface area contributed by atoms with Gasteiger partial charge in [-0.3, -0.25) is 9.97 Å². The molecule has 0 aromatic carbocycles. The standard InChI is InChI=1S/C21H26N4O4/c1-13-16(7-5-9-23-13)29-17-12-28-18-15(11-27-19(17)18)24-20(26)25-21(2,3)14-6-4-8-22-10-14/h4-10,15,17-19H,11-12H2,1-3H3,(H2,24,25,26)/t15-,17-,18+,19+/m0/s1. The summed E-state index contributed by atoms with van der Waals surface area (Å²) < 4.78 is 17.9. The van der Waals surface area contributed by atoms with Crippen LogP contribution in [0, 0.1) is 6.92 Å². The number of amides is 2. The van der Waals surface area contributed by atoms with Gasteiger partial charge in [0.05, 0.1) is 30.5 Å². The van der Waals surface area contributed by atoms with Crippen molar-refractivity contribution < 1.29 is 19.0 Å². The largest absolute Gasteiger partial charge is 0.483 e. The Hall–Kier alpha value is -2.71. The molecule has 2 N–H and O–H groups in total. The van der Waals surface area contributed by atoms with Crippen LogP contribution in [0.2, 0.25) is 0 Å². The van der Waals surface area contributed by atoms with Crippen LogP contribution in [0.25, 0.3) is 0 Å². The molecule has 4 heterocycles. The van der Waals surface area contributed by atoms with Crippen LogP contribution in [0.3, 0.4) is 0 Å². The molecule has 0 bridgehead atoms. The number of carbonyl (C=O) groups excluding carboxylic acids is 1. The summed E-state index contributed by atoms with van der Waals surface area (Å²) in [4.78, 5) is 21.0. The van der Waals surface area contributed by atoms with E-state index in [1.165, 1.54) is 0 Å². The molecule has 2 saturated heterocycles. The van der Waals surface area contributed by atoms with Crippen LogP contribution in [-0.2, 0) is 15.0 Å². The van der Waals surface area contributed by atoms with E-state index in [9.17, 15) is 4.79 Å². The van der Waals surface area contributed by atoms with Crippen molar-refractivity contribution in [2.45, 2.75) is 50.7 Å². The van der Waals surface area contributed by atoms with Crippen molar-refractivity contribution in [1.82, 2.24) is 20.6 Å². The average Bonchev–Trinajstić information content (AvgIpc) is 3.27. The van der Waals surface area contributed by atoms with Crippen molar-refractivity contribution in [2.24, 2.45) is 0 Å². The number of nitrogens with one attached hydrogen (secondary N) is 2. The summed E-state index contributed by atoms with van der Waals surface area (Å²) in [5.41, 5.74) is 1.19. The zero-order valence-corrected chi connectivity index (χ0v) is 16.8. The van der Waals surface area contributed by atoms with E-state index in [1.807, 2.05) is 45.0 Å². The second-order valence-electron chi connectivity index (χ2n) is 7.91. The molecule has 4 atom stereocenters. The van der Waals surface area contributed by atoms with Gasteiger partial charge in [0, 0.05) is 18.6 Å². The minimum Gasteiger partial charge on any atom is -0.483 e. The highest BCUT2D eigenvalue weighted by molar-refractivity contribution is 5.75. The lowest BCUT2D eigenvalue weighted by Crippen LogP contribution is -2.52. The molecule has 29 heavy (non-hydrogen) atoms. The molecule has 2 fully saturated rings. The van der Waals surface area contributed by atoms with E-state index in [0.29, 0.717) is 13.2 Å². The lowest BCUT2D eigenvalue weighted by Gasteiger charge is -2.28. The number of fused-ring (bicyclic) bond motifs is 1.